The molecule has 17 heavy (non-hydrogen) atoms. The van der Waals surface area contributed by atoms with Crippen LogP contribution in [-0.4, -0.2) is 6.23 Å². The van der Waals surface area contributed by atoms with Gasteiger partial charge in [-0.1, -0.05) is 43.3 Å². The average molecular weight is 219 g/mol. The topological polar surface area (TPSA) is 26.3 Å². The molecule has 1 atom stereocenters. The van der Waals surface area contributed by atoms with Crippen LogP contribution >= 0.6 is 0 Å². The van der Waals surface area contributed by atoms with E-state index in [4.69, 9.17) is 0 Å². The van der Waals surface area contributed by atoms with Crippen LogP contribution in [-0.2, 0) is 0 Å². The van der Waals surface area contributed by atoms with Crippen molar-refractivity contribution < 1.29 is 24.0 Å². The molecule has 0 amide bonds. The maximum atomic E-state index is 11.8. The summed E-state index contributed by atoms with van der Waals surface area (Å²) in [6, 6.07) is 19.4. The van der Waals surface area contributed by atoms with E-state index in [9.17, 15) is 5.11 Å². The Morgan fingerprint density at radius 3 is 1.47 bits per heavy atom. The van der Waals surface area contributed by atoms with Gasteiger partial charge in [0, 0.05) is 11.4 Å². The molecule has 2 nitrogen and oxygen atoms in total. The second-order valence-electron chi connectivity index (χ2n) is 3.64. The van der Waals surface area contributed by atoms with E-state index in [1.165, 1.54) is 0 Å². The van der Waals surface area contributed by atoms with Crippen molar-refractivity contribution in [2.45, 2.75) is 13.2 Å². The van der Waals surface area contributed by atoms with Gasteiger partial charge >= 0.3 is 18.9 Å². The smallest absolute Gasteiger partial charge is 0.836 e. The molecule has 0 aliphatic heterocycles. The van der Waals surface area contributed by atoms with Gasteiger partial charge in [0.1, 0.15) is 0 Å². The minimum atomic E-state index is -0.801. The molecule has 3 heteroatoms. The largest absolute Gasteiger partial charge is 1.00 e. The normalized spacial score (nSPS) is 11.4. The molecule has 0 spiro atoms. The fourth-order valence-corrected chi connectivity index (χ4v) is 1.75. The standard InChI is InChI=1S/C14H14NO.Li/c1-12(16)15(13-8-4-2-5-9-13)14-10-6-3-7-11-14;/h2-12H,1H3;/q-1;+1. The van der Waals surface area contributed by atoms with Crippen molar-refractivity contribution in [1.29, 1.82) is 0 Å². The van der Waals surface area contributed by atoms with Gasteiger partial charge < -0.3 is 10.0 Å². The van der Waals surface area contributed by atoms with Crippen molar-refractivity contribution in [1.82, 2.24) is 0 Å². The number of hydrogen-bond acceptors (Lipinski definition) is 2. The first-order valence-electron chi connectivity index (χ1n) is 5.34. The van der Waals surface area contributed by atoms with Gasteiger partial charge in [0.25, 0.3) is 0 Å². The van der Waals surface area contributed by atoms with Gasteiger partial charge in [0.2, 0.25) is 0 Å². The number of para-hydroxylation sites is 2. The Morgan fingerprint density at radius 2 is 1.18 bits per heavy atom. The van der Waals surface area contributed by atoms with Gasteiger partial charge in [-0.2, -0.15) is 0 Å². The summed E-state index contributed by atoms with van der Waals surface area (Å²) in [5, 5.41) is 11.8. The summed E-state index contributed by atoms with van der Waals surface area (Å²) in [6.45, 7) is 1.65. The van der Waals surface area contributed by atoms with Gasteiger partial charge in [0.15, 0.2) is 0 Å². The zero-order chi connectivity index (χ0) is 11.4. The number of nitrogens with zero attached hydrogens (tertiary/aromatic N) is 1. The maximum absolute atomic E-state index is 11.8. The van der Waals surface area contributed by atoms with E-state index in [1.807, 2.05) is 60.7 Å². The second-order valence-corrected chi connectivity index (χ2v) is 3.64. The molecular formula is C14H14LiNO. The molecule has 0 aliphatic carbocycles. The minimum absolute atomic E-state index is 0. The first kappa shape index (κ1) is 13.9. The quantitative estimate of drug-likeness (QED) is 0.515. The van der Waals surface area contributed by atoms with Crippen molar-refractivity contribution in [2.75, 3.05) is 4.90 Å². The maximum Gasteiger partial charge on any atom is 1.00 e. The monoisotopic (exact) mass is 219 g/mol. The molecule has 0 aromatic heterocycles. The Hall–Kier alpha value is -1.20. The van der Waals surface area contributed by atoms with Crippen LogP contribution in [0.15, 0.2) is 60.7 Å². The number of rotatable bonds is 3. The predicted molar refractivity (Wildman–Crippen MR) is 64.5 cm³/mol. The third kappa shape index (κ3) is 3.37. The van der Waals surface area contributed by atoms with E-state index in [1.54, 1.807) is 11.8 Å². The van der Waals surface area contributed by atoms with Crippen LogP contribution in [0.25, 0.3) is 0 Å². The van der Waals surface area contributed by atoms with Crippen molar-refractivity contribution in [2.24, 2.45) is 0 Å². The molecule has 82 valence electrons. The van der Waals surface area contributed by atoms with E-state index in [-0.39, 0.29) is 18.9 Å². The van der Waals surface area contributed by atoms with E-state index < -0.39 is 6.23 Å². The minimum Gasteiger partial charge on any atom is -0.836 e. The van der Waals surface area contributed by atoms with Gasteiger partial charge in [-0.15, -0.1) is 0 Å². The Bertz CT molecular complexity index is 391. The summed E-state index contributed by atoms with van der Waals surface area (Å²) in [4.78, 5) is 1.78. The molecule has 0 saturated carbocycles. The molecule has 0 N–H and O–H groups in total. The van der Waals surface area contributed by atoms with E-state index in [0.717, 1.165) is 11.4 Å². The SMILES string of the molecule is CC([O-])N(c1ccccc1)c1ccccc1.[Li+]. The third-order valence-corrected chi connectivity index (χ3v) is 2.43. The molecule has 0 heterocycles. The molecule has 0 fully saturated rings. The molecule has 0 saturated heterocycles. The molecule has 2 aromatic carbocycles. The molecule has 0 bridgehead atoms. The summed E-state index contributed by atoms with van der Waals surface area (Å²) in [5.41, 5.74) is 1.85. The van der Waals surface area contributed by atoms with E-state index in [2.05, 4.69) is 0 Å². The summed E-state index contributed by atoms with van der Waals surface area (Å²) in [7, 11) is 0. The second kappa shape index (κ2) is 6.51. The van der Waals surface area contributed by atoms with Crippen LogP contribution < -0.4 is 28.9 Å². The van der Waals surface area contributed by atoms with Crippen LogP contribution in [0.1, 0.15) is 6.92 Å². The molecule has 0 aliphatic rings. The van der Waals surface area contributed by atoms with Gasteiger partial charge in [-0.3, -0.25) is 0 Å². The Balaban J connectivity index is 0.00000144. The fraction of sp³-hybridized carbons (Fsp3) is 0.143. The first-order chi connectivity index (χ1) is 7.79. The average Bonchev–Trinajstić information content (AvgIpc) is 2.31. The molecule has 0 radical (unpaired) electrons. The zero-order valence-corrected chi connectivity index (χ0v) is 10.2. The molecule has 2 rings (SSSR count). The van der Waals surface area contributed by atoms with Gasteiger partial charge in [-0.25, -0.2) is 0 Å². The van der Waals surface area contributed by atoms with Crippen molar-refractivity contribution in [3.8, 4) is 0 Å². The van der Waals surface area contributed by atoms with Crippen molar-refractivity contribution in [3.63, 3.8) is 0 Å². The third-order valence-electron chi connectivity index (χ3n) is 2.43. The summed E-state index contributed by atoms with van der Waals surface area (Å²) in [6.07, 6.45) is -0.801. The number of anilines is 2. The zero-order valence-electron chi connectivity index (χ0n) is 10.2. The summed E-state index contributed by atoms with van der Waals surface area (Å²) < 4.78 is 0. The van der Waals surface area contributed by atoms with E-state index >= 15 is 0 Å². The van der Waals surface area contributed by atoms with Crippen LogP contribution in [0.4, 0.5) is 11.4 Å². The molecular weight excluding hydrogens is 205 g/mol. The van der Waals surface area contributed by atoms with Crippen molar-refractivity contribution >= 4 is 11.4 Å². The Labute approximate surface area is 114 Å². The van der Waals surface area contributed by atoms with Crippen molar-refractivity contribution in [3.05, 3.63) is 60.7 Å². The van der Waals surface area contributed by atoms with Crippen LogP contribution in [0.5, 0.6) is 0 Å². The van der Waals surface area contributed by atoms with E-state index in [0.29, 0.717) is 0 Å². The van der Waals surface area contributed by atoms with Gasteiger partial charge in [0.05, 0.1) is 0 Å². The molecule has 1 unspecified atom stereocenters. The summed E-state index contributed by atoms with van der Waals surface area (Å²) >= 11 is 0. The Kier molecular flexibility index (Phi) is 5.31. The van der Waals surface area contributed by atoms with Crippen LogP contribution in [0.2, 0.25) is 0 Å². The van der Waals surface area contributed by atoms with Crippen LogP contribution in [0, 0.1) is 0 Å². The summed E-state index contributed by atoms with van der Waals surface area (Å²) in [5.74, 6) is 0. The number of hydrogen-bond donors (Lipinski definition) is 0. The Morgan fingerprint density at radius 1 is 0.824 bits per heavy atom. The first-order valence-corrected chi connectivity index (χ1v) is 5.34. The fourth-order valence-electron chi connectivity index (χ4n) is 1.75. The molecule has 2 aromatic rings. The van der Waals surface area contributed by atoms with Gasteiger partial charge in [-0.05, 0) is 30.5 Å². The predicted octanol–water partition coefficient (Wildman–Crippen LogP) is -0.465. The number of benzene rings is 2. The van der Waals surface area contributed by atoms with Crippen LogP contribution in [0.3, 0.4) is 0 Å².